The molecule has 0 unspecified atom stereocenters. The van der Waals surface area contributed by atoms with Gasteiger partial charge in [-0.2, -0.15) is 0 Å². The molecule has 0 aliphatic rings. The largest absolute Gasteiger partial charge is 0.327 e. The molecule has 0 radical (unpaired) electrons. The minimum atomic E-state index is 0.312. The first kappa shape index (κ1) is 20.3. The Balaban J connectivity index is 0.000000145. The molecule has 4 heterocycles. The SMILES string of the molecule is Cc1ccc(-c2nc3cnccc3n2C)cc1.[2H]Cc1ccc(-c2nc3ccncc3n2C)cc1. The van der Waals surface area contributed by atoms with Crippen LogP contribution in [0.15, 0.2) is 85.5 Å². The summed E-state index contributed by atoms with van der Waals surface area (Å²) < 4.78 is 11.5. The molecule has 0 N–H and O–H groups in total. The van der Waals surface area contributed by atoms with E-state index in [1.165, 1.54) is 5.56 Å². The maximum Gasteiger partial charge on any atom is 0.140 e. The summed E-state index contributed by atoms with van der Waals surface area (Å²) in [5.74, 6) is 1.91. The smallest absolute Gasteiger partial charge is 0.140 e. The van der Waals surface area contributed by atoms with Crippen molar-refractivity contribution in [1.82, 2.24) is 29.1 Å². The van der Waals surface area contributed by atoms with Gasteiger partial charge in [0.05, 0.1) is 28.9 Å². The summed E-state index contributed by atoms with van der Waals surface area (Å²) in [6, 6.07) is 20.3. The minimum absolute atomic E-state index is 0.312. The molecule has 0 saturated heterocycles. The van der Waals surface area contributed by atoms with E-state index in [0.717, 1.165) is 50.4 Å². The number of aromatic nitrogens is 6. The summed E-state index contributed by atoms with van der Waals surface area (Å²) in [7, 11) is 4.02. The van der Waals surface area contributed by atoms with Crippen LogP contribution in [0.3, 0.4) is 0 Å². The van der Waals surface area contributed by atoms with Crippen LogP contribution in [-0.4, -0.2) is 29.1 Å². The Bertz CT molecular complexity index is 1600. The van der Waals surface area contributed by atoms with E-state index in [4.69, 9.17) is 1.37 Å². The molecule has 6 heteroatoms. The predicted molar refractivity (Wildman–Crippen MR) is 137 cm³/mol. The van der Waals surface area contributed by atoms with E-state index in [1.807, 2.05) is 61.3 Å². The van der Waals surface area contributed by atoms with Crippen molar-refractivity contribution in [2.75, 3.05) is 0 Å². The molecule has 6 aromatic rings. The minimum Gasteiger partial charge on any atom is -0.327 e. The zero-order valence-electron chi connectivity index (χ0n) is 20.5. The molecule has 2 aromatic carbocycles. The van der Waals surface area contributed by atoms with Crippen LogP contribution in [0.5, 0.6) is 0 Å². The Morgan fingerprint density at radius 1 is 0.618 bits per heavy atom. The van der Waals surface area contributed by atoms with E-state index in [1.54, 1.807) is 18.6 Å². The van der Waals surface area contributed by atoms with Crippen molar-refractivity contribution < 1.29 is 1.37 Å². The third-order valence-corrected chi connectivity index (χ3v) is 5.89. The van der Waals surface area contributed by atoms with Crippen LogP contribution in [0.1, 0.15) is 12.5 Å². The number of hydrogen-bond donors (Lipinski definition) is 0. The number of rotatable bonds is 2. The highest BCUT2D eigenvalue weighted by molar-refractivity contribution is 5.80. The molecule has 0 saturated carbocycles. The number of fused-ring (bicyclic) bond motifs is 2. The fraction of sp³-hybridized carbons (Fsp3) is 0.143. The lowest BCUT2D eigenvalue weighted by Crippen LogP contribution is -1.92. The number of hydrogen-bond acceptors (Lipinski definition) is 4. The molecule has 4 aromatic heterocycles. The summed E-state index contributed by atoms with van der Waals surface area (Å²) in [4.78, 5) is 17.4. The molecule has 0 fully saturated rings. The Morgan fingerprint density at radius 3 is 1.79 bits per heavy atom. The van der Waals surface area contributed by atoms with Crippen LogP contribution in [0.25, 0.3) is 44.8 Å². The highest BCUT2D eigenvalue weighted by Crippen LogP contribution is 2.24. The van der Waals surface area contributed by atoms with Gasteiger partial charge in [-0.05, 0) is 26.0 Å². The molecule has 6 rings (SSSR count). The molecule has 0 amide bonds. The van der Waals surface area contributed by atoms with Crippen molar-refractivity contribution in [3.63, 3.8) is 0 Å². The van der Waals surface area contributed by atoms with Crippen LogP contribution in [0, 0.1) is 13.8 Å². The maximum atomic E-state index is 7.32. The molecule has 0 aliphatic heterocycles. The van der Waals surface area contributed by atoms with Gasteiger partial charge in [0.2, 0.25) is 0 Å². The Morgan fingerprint density at radius 2 is 1.18 bits per heavy atom. The summed E-state index contributed by atoms with van der Waals surface area (Å²) >= 11 is 0. The highest BCUT2D eigenvalue weighted by Gasteiger charge is 2.10. The lowest BCUT2D eigenvalue weighted by molar-refractivity contribution is 0.956. The summed E-state index contributed by atoms with van der Waals surface area (Å²) in [6.45, 7) is 2.40. The quantitative estimate of drug-likeness (QED) is 0.332. The maximum absolute atomic E-state index is 7.32. The van der Waals surface area contributed by atoms with Gasteiger partial charge in [0, 0.05) is 39.0 Å². The van der Waals surface area contributed by atoms with E-state index in [0.29, 0.717) is 6.90 Å². The van der Waals surface area contributed by atoms with Crippen molar-refractivity contribution in [3.8, 4) is 22.8 Å². The summed E-state index contributed by atoms with van der Waals surface area (Å²) in [5.41, 5.74) is 8.49. The van der Waals surface area contributed by atoms with Crippen LogP contribution in [0.2, 0.25) is 0 Å². The van der Waals surface area contributed by atoms with Gasteiger partial charge >= 0.3 is 0 Å². The third-order valence-electron chi connectivity index (χ3n) is 5.89. The van der Waals surface area contributed by atoms with Gasteiger partial charge in [-0.1, -0.05) is 59.7 Å². The Hall–Kier alpha value is -4.32. The van der Waals surface area contributed by atoms with Crippen LogP contribution < -0.4 is 0 Å². The molecule has 0 aliphatic carbocycles. The first-order valence-electron chi connectivity index (χ1n) is 11.7. The number of nitrogens with zero attached hydrogens (tertiary/aromatic N) is 6. The molecule has 6 nitrogen and oxygen atoms in total. The summed E-state index contributed by atoms with van der Waals surface area (Å²) in [5, 5.41) is 0. The second-order valence-electron chi connectivity index (χ2n) is 8.28. The fourth-order valence-corrected chi connectivity index (χ4v) is 3.96. The van der Waals surface area contributed by atoms with Gasteiger partial charge in [-0.15, -0.1) is 0 Å². The number of pyridine rings is 2. The topological polar surface area (TPSA) is 61.4 Å². The van der Waals surface area contributed by atoms with E-state index >= 15 is 0 Å². The third kappa shape index (κ3) is 4.06. The second kappa shape index (κ2) is 8.90. The zero-order chi connectivity index (χ0) is 24.4. The molecule has 0 spiro atoms. The average Bonchev–Trinajstić information content (AvgIpc) is 3.42. The van der Waals surface area contributed by atoms with E-state index in [9.17, 15) is 0 Å². The number of aryl methyl sites for hydroxylation is 4. The number of imidazole rings is 2. The zero-order valence-corrected chi connectivity index (χ0v) is 19.5. The van der Waals surface area contributed by atoms with Gasteiger partial charge in [-0.3, -0.25) is 9.97 Å². The van der Waals surface area contributed by atoms with Crippen molar-refractivity contribution >= 4 is 22.1 Å². The predicted octanol–water partition coefficient (Wildman–Crippen LogP) is 5.89. The van der Waals surface area contributed by atoms with E-state index < -0.39 is 0 Å². The Kier molecular flexibility index (Phi) is 5.32. The van der Waals surface area contributed by atoms with Gasteiger partial charge in [0.25, 0.3) is 0 Å². The van der Waals surface area contributed by atoms with E-state index in [2.05, 4.69) is 55.7 Å². The van der Waals surface area contributed by atoms with Crippen LogP contribution >= 0.6 is 0 Å². The van der Waals surface area contributed by atoms with Crippen molar-refractivity contribution in [2.45, 2.75) is 13.8 Å². The van der Waals surface area contributed by atoms with E-state index in [-0.39, 0.29) is 0 Å². The van der Waals surface area contributed by atoms with Gasteiger partial charge < -0.3 is 9.13 Å². The standard InChI is InChI=1S/2C14H13N3/c1-10-3-5-11(6-4-10)14-16-12-9-15-8-7-13(12)17(14)2;1-10-3-5-11(6-4-10)14-16-12-7-8-15-9-13(12)17(14)2/h2*3-9H,1-2H3/i;1D. The first-order valence-corrected chi connectivity index (χ1v) is 11.0. The fourth-order valence-electron chi connectivity index (χ4n) is 3.96. The normalized spacial score (nSPS) is 11.3. The molecule has 0 atom stereocenters. The first-order chi connectivity index (χ1) is 17.0. The molecule has 168 valence electrons. The Labute approximate surface area is 200 Å². The van der Waals surface area contributed by atoms with Crippen molar-refractivity contribution in [1.29, 1.82) is 0 Å². The van der Waals surface area contributed by atoms with Gasteiger partial charge in [0.15, 0.2) is 0 Å². The number of benzene rings is 2. The highest BCUT2D eigenvalue weighted by atomic mass is 15.1. The summed E-state index contributed by atoms with van der Waals surface area (Å²) in [6.07, 6.45) is 7.17. The average molecular weight is 448 g/mol. The molecular weight excluding hydrogens is 420 g/mol. The molecule has 34 heavy (non-hydrogen) atoms. The van der Waals surface area contributed by atoms with Gasteiger partial charge in [0.1, 0.15) is 17.2 Å². The monoisotopic (exact) mass is 447 g/mol. The van der Waals surface area contributed by atoms with Crippen LogP contribution in [-0.2, 0) is 14.1 Å². The van der Waals surface area contributed by atoms with Crippen LogP contribution in [0.4, 0.5) is 0 Å². The lowest BCUT2D eigenvalue weighted by atomic mass is 10.1. The van der Waals surface area contributed by atoms with Crippen molar-refractivity contribution in [2.24, 2.45) is 14.1 Å². The van der Waals surface area contributed by atoms with Gasteiger partial charge in [-0.25, -0.2) is 9.97 Å². The second-order valence-corrected chi connectivity index (χ2v) is 8.28. The lowest BCUT2D eigenvalue weighted by Gasteiger charge is -2.02. The molecular formula is C28H26N6. The van der Waals surface area contributed by atoms with Crippen molar-refractivity contribution in [3.05, 3.63) is 96.6 Å². The molecule has 0 bridgehead atoms.